The zero-order valence-corrected chi connectivity index (χ0v) is 4.35. The lowest BCUT2D eigenvalue weighted by Gasteiger charge is -2.06. The summed E-state index contributed by atoms with van der Waals surface area (Å²) < 4.78 is 0. The molecule has 1 aliphatic heterocycles. The highest BCUT2D eigenvalue weighted by atomic mass is 16.3. The zero-order valence-electron chi connectivity index (χ0n) is 4.35. The van der Waals surface area contributed by atoms with Gasteiger partial charge in [0.05, 0.1) is 5.76 Å². The third-order valence-electron chi connectivity index (χ3n) is 0.978. The Balaban J connectivity index is 2.64. The van der Waals surface area contributed by atoms with Gasteiger partial charge in [0, 0.05) is 19.0 Å². The van der Waals surface area contributed by atoms with E-state index in [1.165, 1.54) is 6.08 Å². The number of hydrogen-bond donors (Lipinski definition) is 2. The number of aliphatic hydroxyl groups is 1. The minimum Gasteiger partial charge on any atom is -0.512 e. The number of amides is 1. The fourth-order valence-electron chi connectivity index (χ4n) is 0.588. The van der Waals surface area contributed by atoms with Crippen molar-refractivity contribution in [3.63, 3.8) is 0 Å². The fraction of sp³-hybridized carbons (Fsp3) is 0.400. The van der Waals surface area contributed by atoms with Crippen molar-refractivity contribution in [3.8, 4) is 0 Å². The van der Waals surface area contributed by atoms with Crippen LogP contribution in [0.2, 0.25) is 0 Å². The van der Waals surface area contributed by atoms with E-state index in [2.05, 4.69) is 5.32 Å². The predicted molar refractivity (Wildman–Crippen MR) is 28.3 cm³/mol. The Hall–Kier alpha value is -0.990. The second-order valence-corrected chi connectivity index (χ2v) is 1.68. The Morgan fingerprint density at radius 3 is 2.88 bits per heavy atom. The first-order valence-electron chi connectivity index (χ1n) is 2.46. The largest absolute Gasteiger partial charge is 0.512 e. The van der Waals surface area contributed by atoms with Crippen molar-refractivity contribution in [2.45, 2.75) is 6.42 Å². The van der Waals surface area contributed by atoms with Gasteiger partial charge in [0.1, 0.15) is 0 Å². The fourth-order valence-corrected chi connectivity index (χ4v) is 0.588. The quantitative estimate of drug-likeness (QED) is 0.462. The molecule has 0 saturated heterocycles. The Kier molecular flexibility index (Phi) is 1.20. The lowest BCUT2D eigenvalue weighted by atomic mass is 10.2. The third-order valence-corrected chi connectivity index (χ3v) is 0.978. The molecule has 3 nitrogen and oxygen atoms in total. The molecule has 1 amide bonds. The number of rotatable bonds is 0. The average Bonchev–Trinajstić information content (AvgIpc) is 1.64. The van der Waals surface area contributed by atoms with Crippen LogP contribution in [0.5, 0.6) is 0 Å². The van der Waals surface area contributed by atoms with Crippen LogP contribution in [0, 0.1) is 0 Å². The standard InChI is InChI=1S/C5H7NO2/c7-4-1-2-6-5(8)3-4/h3,7H,1-2H2,(H,6,8). The van der Waals surface area contributed by atoms with Crippen LogP contribution in [0.15, 0.2) is 11.8 Å². The second-order valence-electron chi connectivity index (χ2n) is 1.68. The molecule has 0 atom stereocenters. The van der Waals surface area contributed by atoms with Crippen LogP contribution in [-0.2, 0) is 4.79 Å². The second kappa shape index (κ2) is 1.86. The molecule has 0 saturated carbocycles. The molecule has 0 aromatic rings. The Morgan fingerprint density at radius 1 is 1.75 bits per heavy atom. The van der Waals surface area contributed by atoms with Gasteiger partial charge in [-0.15, -0.1) is 0 Å². The molecule has 0 aromatic heterocycles. The van der Waals surface area contributed by atoms with Crippen LogP contribution in [0.25, 0.3) is 0 Å². The van der Waals surface area contributed by atoms with E-state index in [9.17, 15) is 4.79 Å². The van der Waals surface area contributed by atoms with E-state index in [1.807, 2.05) is 0 Å². The lowest BCUT2D eigenvalue weighted by Crippen LogP contribution is -2.26. The molecule has 3 heteroatoms. The summed E-state index contributed by atoms with van der Waals surface area (Å²) in [5, 5.41) is 11.2. The lowest BCUT2D eigenvalue weighted by molar-refractivity contribution is -0.117. The van der Waals surface area contributed by atoms with E-state index in [0.717, 1.165) is 0 Å². The van der Waals surface area contributed by atoms with Gasteiger partial charge < -0.3 is 10.4 Å². The van der Waals surface area contributed by atoms with Crippen LogP contribution in [-0.4, -0.2) is 17.6 Å². The Labute approximate surface area is 47.0 Å². The topological polar surface area (TPSA) is 49.3 Å². The first kappa shape index (κ1) is 5.15. The zero-order chi connectivity index (χ0) is 5.98. The molecule has 1 heterocycles. The van der Waals surface area contributed by atoms with Gasteiger partial charge in [-0.05, 0) is 0 Å². The molecule has 8 heavy (non-hydrogen) atoms. The van der Waals surface area contributed by atoms with Crippen molar-refractivity contribution >= 4 is 5.91 Å². The van der Waals surface area contributed by atoms with Crippen molar-refractivity contribution in [1.82, 2.24) is 5.32 Å². The third kappa shape index (κ3) is 0.992. The minimum absolute atomic E-state index is 0.175. The summed E-state index contributed by atoms with van der Waals surface area (Å²) in [6.07, 6.45) is 1.76. The van der Waals surface area contributed by atoms with E-state index in [4.69, 9.17) is 5.11 Å². The van der Waals surface area contributed by atoms with Crippen LogP contribution >= 0.6 is 0 Å². The summed E-state index contributed by atoms with van der Waals surface area (Å²) in [7, 11) is 0. The average molecular weight is 113 g/mol. The number of carbonyl (C=O) groups is 1. The van der Waals surface area contributed by atoms with Gasteiger partial charge in [-0.3, -0.25) is 4.79 Å². The smallest absolute Gasteiger partial charge is 0.247 e. The normalized spacial score (nSPS) is 19.5. The molecular weight excluding hydrogens is 106 g/mol. The summed E-state index contributed by atoms with van der Waals surface area (Å²) in [6, 6.07) is 0. The van der Waals surface area contributed by atoms with Gasteiger partial charge >= 0.3 is 0 Å². The minimum atomic E-state index is -0.200. The molecule has 0 aromatic carbocycles. The highest BCUT2D eigenvalue weighted by Crippen LogP contribution is 1.97. The molecule has 1 aliphatic rings. The molecule has 0 spiro atoms. The van der Waals surface area contributed by atoms with Crippen molar-refractivity contribution in [2.24, 2.45) is 0 Å². The van der Waals surface area contributed by atoms with E-state index in [1.54, 1.807) is 0 Å². The van der Waals surface area contributed by atoms with Gasteiger partial charge in [-0.2, -0.15) is 0 Å². The first-order chi connectivity index (χ1) is 3.79. The number of carbonyl (C=O) groups excluding carboxylic acids is 1. The Morgan fingerprint density at radius 2 is 2.50 bits per heavy atom. The van der Waals surface area contributed by atoms with Crippen LogP contribution in [0.3, 0.4) is 0 Å². The van der Waals surface area contributed by atoms with Crippen LogP contribution in [0.4, 0.5) is 0 Å². The van der Waals surface area contributed by atoms with E-state index in [0.29, 0.717) is 13.0 Å². The molecule has 0 aliphatic carbocycles. The van der Waals surface area contributed by atoms with Crippen molar-refractivity contribution in [3.05, 3.63) is 11.8 Å². The molecule has 2 N–H and O–H groups in total. The Bertz CT molecular complexity index is 139. The van der Waals surface area contributed by atoms with Crippen LogP contribution in [0.1, 0.15) is 6.42 Å². The van der Waals surface area contributed by atoms with Gasteiger partial charge in [-0.25, -0.2) is 0 Å². The van der Waals surface area contributed by atoms with Crippen molar-refractivity contribution < 1.29 is 9.90 Å². The molecule has 0 bridgehead atoms. The number of hydrogen-bond acceptors (Lipinski definition) is 2. The predicted octanol–water partition coefficient (Wildman–Crippen LogP) is -0.0518. The monoisotopic (exact) mass is 113 g/mol. The van der Waals surface area contributed by atoms with E-state index in [-0.39, 0.29) is 11.7 Å². The SMILES string of the molecule is O=C1C=C(O)CCN1. The van der Waals surface area contributed by atoms with Gasteiger partial charge in [-0.1, -0.05) is 0 Å². The van der Waals surface area contributed by atoms with E-state index >= 15 is 0 Å². The molecule has 44 valence electrons. The van der Waals surface area contributed by atoms with Gasteiger partial charge in [0.2, 0.25) is 5.91 Å². The van der Waals surface area contributed by atoms with E-state index < -0.39 is 0 Å². The number of nitrogens with one attached hydrogen (secondary N) is 1. The highest BCUT2D eigenvalue weighted by Gasteiger charge is 2.05. The van der Waals surface area contributed by atoms with Gasteiger partial charge in [0.15, 0.2) is 0 Å². The molecule has 0 radical (unpaired) electrons. The first-order valence-corrected chi connectivity index (χ1v) is 2.46. The maximum absolute atomic E-state index is 10.3. The summed E-state index contributed by atoms with van der Waals surface area (Å²) in [4.78, 5) is 10.3. The molecule has 0 unspecified atom stereocenters. The van der Waals surface area contributed by atoms with Crippen molar-refractivity contribution in [2.75, 3.05) is 6.54 Å². The summed E-state index contributed by atoms with van der Waals surface area (Å²) >= 11 is 0. The summed E-state index contributed by atoms with van der Waals surface area (Å²) in [5.41, 5.74) is 0. The molecule has 1 rings (SSSR count). The highest BCUT2D eigenvalue weighted by molar-refractivity contribution is 5.88. The van der Waals surface area contributed by atoms with Crippen molar-refractivity contribution in [1.29, 1.82) is 0 Å². The number of aliphatic hydroxyl groups excluding tert-OH is 1. The maximum Gasteiger partial charge on any atom is 0.247 e. The molecule has 0 fully saturated rings. The van der Waals surface area contributed by atoms with Gasteiger partial charge in [0.25, 0.3) is 0 Å². The van der Waals surface area contributed by atoms with Crippen LogP contribution < -0.4 is 5.32 Å². The maximum atomic E-state index is 10.3. The summed E-state index contributed by atoms with van der Waals surface area (Å²) in [6.45, 7) is 0.557. The summed E-state index contributed by atoms with van der Waals surface area (Å²) in [5.74, 6) is -0.0255. The molecular formula is C5H7NO2.